The molecule has 0 unspecified atom stereocenters. The van der Waals surface area contributed by atoms with Crippen LogP contribution in [0.15, 0.2) is 54.6 Å². The van der Waals surface area contributed by atoms with Gasteiger partial charge in [-0.2, -0.15) is 0 Å². The zero-order valence-corrected chi connectivity index (χ0v) is 13.9. The second kappa shape index (κ2) is 7.75. The van der Waals surface area contributed by atoms with Crippen LogP contribution in [-0.2, 0) is 0 Å². The number of ketones is 1. The number of nitro groups is 1. The van der Waals surface area contributed by atoms with Gasteiger partial charge in [0.2, 0.25) is 0 Å². The van der Waals surface area contributed by atoms with Gasteiger partial charge in [0.05, 0.1) is 10.5 Å². The fraction of sp³-hybridized carbons (Fsp3) is 0.250. The maximum absolute atomic E-state index is 12.3. The van der Waals surface area contributed by atoms with Gasteiger partial charge >= 0.3 is 0 Å². The van der Waals surface area contributed by atoms with Crippen molar-refractivity contribution < 1.29 is 9.72 Å². The van der Waals surface area contributed by atoms with Gasteiger partial charge in [0, 0.05) is 24.8 Å². The Morgan fingerprint density at radius 2 is 1.68 bits per heavy atom. The summed E-state index contributed by atoms with van der Waals surface area (Å²) in [6, 6.07) is 14.0. The van der Waals surface area contributed by atoms with Crippen LogP contribution in [0, 0.1) is 10.1 Å². The second-order valence-corrected chi connectivity index (χ2v) is 6.11. The van der Waals surface area contributed by atoms with E-state index in [2.05, 4.69) is 17.0 Å². The number of para-hydroxylation sites is 1. The molecule has 0 saturated carbocycles. The lowest BCUT2D eigenvalue weighted by atomic mass is 10.1. The second-order valence-electron chi connectivity index (χ2n) is 6.11. The molecule has 2 aromatic carbocycles. The largest absolute Gasteiger partial charge is 0.372 e. The molecule has 0 N–H and O–H groups in total. The van der Waals surface area contributed by atoms with E-state index in [0.29, 0.717) is 0 Å². The molecule has 0 aliphatic carbocycles. The highest BCUT2D eigenvalue weighted by molar-refractivity contribution is 6.09. The Hall–Kier alpha value is -2.95. The molecule has 5 nitrogen and oxygen atoms in total. The Bertz CT molecular complexity index is 791. The molecule has 2 aromatic rings. The number of piperidine rings is 1. The minimum Gasteiger partial charge on any atom is -0.372 e. The van der Waals surface area contributed by atoms with E-state index in [4.69, 9.17) is 0 Å². The van der Waals surface area contributed by atoms with E-state index in [0.717, 1.165) is 18.7 Å². The van der Waals surface area contributed by atoms with E-state index in [-0.39, 0.29) is 17.0 Å². The van der Waals surface area contributed by atoms with E-state index in [9.17, 15) is 14.9 Å². The Morgan fingerprint density at radius 3 is 2.36 bits per heavy atom. The minimum absolute atomic E-state index is 0.105. The number of allylic oxidation sites excluding steroid dienone is 1. The Kier molecular flexibility index (Phi) is 5.23. The number of nitrogens with zero attached hydrogens (tertiary/aromatic N) is 2. The van der Waals surface area contributed by atoms with Gasteiger partial charge in [0.1, 0.15) is 0 Å². The van der Waals surface area contributed by atoms with Crippen molar-refractivity contribution in [1.29, 1.82) is 0 Å². The van der Waals surface area contributed by atoms with E-state index in [1.54, 1.807) is 18.2 Å². The van der Waals surface area contributed by atoms with Crippen molar-refractivity contribution in [2.24, 2.45) is 0 Å². The van der Waals surface area contributed by atoms with Gasteiger partial charge in [0.15, 0.2) is 5.78 Å². The van der Waals surface area contributed by atoms with Crippen LogP contribution in [0.25, 0.3) is 6.08 Å². The summed E-state index contributed by atoms with van der Waals surface area (Å²) in [5, 5.41) is 11.0. The van der Waals surface area contributed by atoms with Crippen LogP contribution in [0.5, 0.6) is 0 Å². The molecule has 1 aliphatic rings. The summed E-state index contributed by atoms with van der Waals surface area (Å²) in [6.07, 6.45) is 6.83. The summed E-state index contributed by atoms with van der Waals surface area (Å²) in [5.41, 5.74) is 2.03. The first-order valence-corrected chi connectivity index (χ1v) is 8.46. The van der Waals surface area contributed by atoms with Gasteiger partial charge in [-0.3, -0.25) is 14.9 Å². The molecular formula is C20H20N2O3. The van der Waals surface area contributed by atoms with E-state index >= 15 is 0 Å². The summed E-state index contributed by atoms with van der Waals surface area (Å²) in [4.78, 5) is 25.1. The van der Waals surface area contributed by atoms with Crippen molar-refractivity contribution >= 4 is 23.2 Å². The Morgan fingerprint density at radius 1 is 1.00 bits per heavy atom. The molecule has 3 rings (SSSR count). The third-order valence-corrected chi connectivity index (χ3v) is 4.41. The standard InChI is InChI=1S/C20H20N2O3/c23-20(18-6-2-3-7-19(18)22(24)25)13-10-16-8-11-17(12-9-16)21-14-4-1-5-15-21/h2-3,6-13H,1,4-5,14-15H2/b13-10+. The number of nitro benzene ring substituents is 1. The summed E-state index contributed by atoms with van der Waals surface area (Å²) in [7, 11) is 0. The summed E-state index contributed by atoms with van der Waals surface area (Å²) in [6.45, 7) is 2.18. The lowest BCUT2D eigenvalue weighted by molar-refractivity contribution is -0.385. The van der Waals surface area contributed by atoms with Crippen LogP contribution in [0.3, 0.4) is 0 Å². The van der Waals surface area contributed by atoms with Crippen molar-refractivity contribution in [1.82, 2.24) is 0 Å². The molecule has 1 heterocycles. The highest BCUT2D eigenvalue weighted by atomic mass is 16.6. The monoisotopic (exact) mass is 336 g/mol. The smallest absolute Gasteiger partial charge is 0.280 e. The fourth-order valence-corrected chi connectivity index (χ4v) is 3.05. The predicted molar refractivity (Wildman–Crippen MR) is 99.0 cm³/mol. The minimum atomic E-state index is -0.533. The summed E-state index contributed by atoms with van der Waals surface area (Å²) < 4.78 is 0. The lowest BCUT2D eigenvalue weighted by Crippen LogP contribution is -2.29. The van der Waals surface area contributed by atoms with E-state index in [1.165, 1.54) is 43.2 Å². The van der Waals surface area contributed by atoms with Gasteiger partial charge in [-0.05, 0) is 49.1 Å². The molecule has 25 heavy (non-hydrogen) atoms. The fourth-order valence-electron chi connectivity index (χ4n) is 3.05. The molecule has 1 saturated heterocycles. The number of benzene rings is 2. The quantitative estimate of drug-likeness (QED) is 0.349. The average Bonchev–Trinajstić information content (AvgIpc) is 2.67. The molecule has 1 aliphatic heterocycles. The zero-order valence-electron chi connectivity index (χ0n) is 13.9. The SMILES string of the molecule is O=C(/C=C/c1ccc(N2CCCCC2)cc1)c1ccccc1[N+](=O)[O-]. The van der Waals surface area contributed by atoms with Gasteiger partial charge in [-0.1, -0.05) is 30.3 Å². The predicted octanol–water partition coefficient (Wildman–Crippen LogP) is 4.48. The van der Waals surface area contributed by atoms with Crippen LogP contribution in [0.1, 0.15) is 35.2 Å². The summed E-state index contributed by atoms with van der Waals surface area (Å²) in [5.74, 6) is -0.368. The summed E-state index contributed by atoms with van der Waals surface area (Å²) >= 11 is 0. The molecule has 0 bridgehead atoms. The molecule has 0 radical (unpaired) electrons. The van der Waals surface area contributed by atoms with E-state index in [1.807, 2.05) is 12.1 Å². The highest BCUT2D eigenvalue weighted by Crippen LogP contribution is 2.22. The maximum atomic E-state index is 12.3. The molecule has 0 atom stereocenters. The normalized spacial score (nSPS) is 14.6. The molecular weight excluding hydrogens is 316 g/mol. The van der Waals surface area contributed by atoms with Crippen molar-refractivity contribution in [3.8, 4) is 0 Å². The molecule has 0 spiro atoms. The number of anilines is 1. The first-order valence-electron chi connectivity index (χ1n) is 8.46. The van der Waals surface area contributed by atoms with Gasteiger partial charge in [0.25, 0.3) is 5.69 Å². The number of hydrogen-bond donors (Lipinski definition) is 0. The molecule has 128 valence electrons. The highest BCUT2D eigenvalue weighted by Gasteiger charge is 2.17. The van der Waals surface area contributed by atoms with Crippen LogP contribution in [-0.4, -0.2) is 23.8 Å². The zero-order chi connectivity index (χ0) is 17.6. The van der Waals surface area contributed by atoms with Crippen LogP contribution in [0.4, 0.5) is 11.4 Å². The number of rotatable bonds is 5. The van der Waals surface area contributed by atoms with Crippen molar-refractivity contribution in [3.05, 3.63) is 75.8 Å². The third-order valence-electron chi connectivity index (χ3n) is 4.41. The van der Waals surface area contributed by atoms with E-state index < -0.39 is 4.92 Å². The van der Waals surface area contributed by atoms with Crippen molar-refractivity contribution in [2.75, 3.05) is 18.0 Å². The Labute approximate surface area is 146 Å². The molecule has 1 fully saturated rings. The molecule has 0 aromatic heterocycles. The van der Waals surface area contributed by atoms with Crippen LogP contribution in [0.2, 0.25) is 0 Å². The average molecular weight is 336 g/mol. The molecule has 0 amide bonds. The van der Waals surface area contributed by atoms with Crippen molar-refractivity contribution in [2.45, 2.75) is 19.3 Å². The number of carbonyl (C=O) groups is 1. The number of carbonyl (C=O) groups excluding carboxylic acids is 1. The van der Waals surface area contributed by atoms with Gasteiger partial charge in [-0.25, -0.2) is 0 Å². The van der Waals surface area contributed by atoms with Gasteiger partial charge < -0.3 is 4.90 Å². The van der Waals surface area contributed by atoms with Gasteiger partial charge in [-0.15, -0.1) is 0 Å². The van der Waals surface area contributed by atoms with Crippen LogP contribution < -0.4 is 4.90 Å². The first-order chi connectivity index (χ1) is 12.1. The topological polar surface area (TPSA) is 63.5 Å². The molecule has 5 heteroatoms. The maximum Gasteiger partial charge on any atom is 0.280 e. The Balaban J connectivity index is 1.71. The van der Waals surface area contributed by atoms with Crippen LogP contribution >= 0.6 is 0 Å². The third kappa shape index (κ3) is 4.12. The lowest BCUT2D eigenvalue weighted by Gasteiger charge is -2.28. The van der Waals surface area contributed by atoms with Crippen molar-refractivity contribution in [3.63, 3.8) is 0 Å². The number of hydrogen-bond acceptors (Lipinski definition) is 4. The first kappa shape index (κ1) is 16.9.